The number of aliphatic imine (C=N–C) groups is 2. The van der Waals surface area contributed by atoms with Crippen LogP contribution in [0.15, 0.2) is 119 Å². The Morgan fingerprint density at radius 2 is 1.03 bits per heavy atom. The van der Waals surface area contributed by atoms with Crippen molar-refractivity contribution in [3.63, 3.8) is 0 Å². The normalized spacial score (nSPS) is 13.8. The molecule has 0 radical (unpaired) electrons. The zero-order valence-electron chi connectivity index (χ0n) is 37.9. The molecule has 1 aliphatic carbocycles. The van der Waals surface area contributed by atoms with E-state index in [0.717, 1.165) is 42.9 Å². The Kier molecular flexibility index (Phi) is 22.3. The number of hydrogen-bond donors (Lipinski definition) is 0. The van der Waals surface area contributed by atoms with E-state index >= 15 is 0 Å². The van der Waals surface area contributed by atoms with Crippen molar-refractivity contribution in [1.82, 2.24) is 0 Å². The van der Waals surface area contributed by atoms with Crippen molar-refractivity contribution in [2.24, 2.45) is 9.98 Å². The number of benzene rings is 4. The first kappa shape index (κ1) is 50.7. The van der Waals surface area contributed by atoms with Crippen LogP contribution in [0.1, 0.15) is 155 Å². The van der Waals surface area contributed by atoms with Gasteiger partial charge in [-0.05, 0) is 90.7 Å². The van der Waals surface area contributed by atoms with Crippen LogP contribution in [-0.4, -0.2) is 43.7 Å². The zero-order valence-corrected chi connectivity index (χ0v) is 39.4. The highest BCUT2D eigenvalue weighted by atomic mass is 35.5. The van der Waals surface area contributed by atoms with Crippen LogP contribution < -0.4 is 9.47 Å². The van der Waals surface area contributed by atoms with Gasteiger partial charge in [-0.15, -0.1) is 0 Å². The molecule has 0 bridgehead atoms. The highest BCUT2D eigenvalue weighted by Crippen LogP contribution is 2.31. The molecule has 1 unspecified atom stereocenters. The fourth-order valence-corrected chi connectivity index (χ4v) is 7.58. The number of carbonyl (C=O) groups excluding carboxylic acids is 2. The number of ether oxygens (including phenoxy) is 4. The lowest BCUT2D eigenvalue weighted by atomic mass is 10.1. The molecule has 5 rings (SSSR count). The summed E-state index contributed by atoms with van der Waals surface area (Å²) >= 11 is 12.9. The van der Waals surface area contributed by atoms with Crippen LogP contribution in [-0.2, 0) is 9.47 Å². The first-order chi connectivity index (χ1) is 31.7. The molecule has 0 spiro atoms. The molecule has 0 fully saturated rings. The molecule has 0 heterocycles. The Bertz CT molecular complexity index is 2220. The number of allylic oxidation sites excluding steroid dienone is 1. The minimum Gasteiger partial charge on any atom is -0.492 e. The summed E-state index contributed by atoms with van der Waals surface area (Å²) in [6.45, 7) is 5.71. The number of rotatable bonds is 28. The van der Waals surface area contributed by atoms with Crippen molar-refractivity contribution in [2.75, 3.05) is 13.2 Å². The minimum absolute atomic E-state index is 0.0564. The lowest BCUT2D eigenvalue weighted by Gasteiger charge is -2.18. The highest BCUT2D eigenvalue weighted by molar-refractivity contribution is 6.32. The van der Waals surface area contributed by atoms with Crippen LogP contribution in [0.25, 0.3) is 0 Å². The van der Waals surface area contributed by atoms with Gasteiger partial charge in [0.1, 0.15) is 29.2 Å². The molecular formula is C54H63Cl2FN2O6. The van der Waals surface area contributed by atoms with E-state index in [1.54, 1.807) is 73.1 Å². The molecular weight excluding hydrogens is 863 g/mol. The number of unbranched alkanes of at least 4 members (excludes halogenated alkanes) is 14. The molecule has 0 saturated carbocycles. The molecule has 4 aromatic rings. The zero-order chi connectivity index (χ0) is 46.1. The number of esters is 2. The summed E-state index contributed by atoms with van der Waals surface area (Å²) in [6.07, 6.45) is 24.4. The Hall–Kier alpha value is -5.25. The largest absolute Gasteiger partial charge is 0.492 e. The fourth-order valence-electron chi connectivity index (χ4n) is 7.13. The van der Waals surface area contributed by atoms with Gasteiger partial charge in [0, 0.05) is 24.9 Å². The second kappa shape index (κ2) is 28.6. The maximum absolute atomic E-state index is 14.7. The van der Waals surface area contributed by atoms with Gasteiger partial charge in [-0.3, -0.25) is 9.98 Å². The summed E-state index contributed by atoms with van der Waals surface area (Å²) in [7, 11) is 0. The summed E-state index contributed by atoms with van der Waals surface area (Å²) in [5.74, 6) is -0.713. The van der Waals surface area contributed by atoms with E-state index in [2.05, 4.69) is 23.8 Å². The van der Waals surface area contributed by atoms with Crippen molar-refractivity contribution in [3.8, 4) is 11.5 Å². The van der Waals surface area contributed by atoms with E-state index in [-0.39, 0.29) is 23.3 Å². The third kappa shape index (κ3) is 18.6. The molecule has 0 N–H and O–H groups in total. The molecule has 1 atom stereocenters. The lowest BCUT2D eigenvalue weighted by molar-refractivity contribution is 0.0373. The Morgan fingerprint density at radius 1 is 0.600 bits per heavy atom. The van der Waals surface area contributed by atoms with E-state index in [9.17, 15) is 14.0 Å². The van der Waals surface area contributed by atoms with E-state index in [4.69, 9.17) is 42.1 Å². The topological polar surface area (TPSA) is 95.8 Å². The van der Waals surface area contributed by atoms with Crippen LogP contribution in [0.4, 0.5) is 15.8 Å². The van der Waals surface area contributed by atoms with E-state index in [1.807, 2.05) is 24.3 Å². The third-order valence-corrected chi connectivity index (χ3v) is 11.5. The van der Waals surface area contributed by atoms with Gasteiger partial charge in [-0.2, -0.15) is 0 Å². The molecule has 4 aromatic carbocycles. The Morgan fingerprint density at radius 3 is 1.48 bits per heavy atom. The van der Waals surface area contributed by atoms with Gasteiger partial charge in [-0.25, -0.2) is 14.0 Å². The van der Waals surface area contributed by atoms with Gasteiger partial charge in [0.05, 0.1) is 45.8 Å². The molecule has 1 aliphatic rings. The summed E-state index contributed by atoms with van der Waals surface area (Å²) in [6, 6.07) is 24.1. The van der Waals surface area contributed by atoms with Gasteiger partial charge >= 0.3 is 11.9 Å². The van der Waals surface area contributed by atoms with Gasteiger partial charge in [0.2, 0.25) is 0 Å². The monoisotopic (exact) mass is 924 g/mol. The van der Waals surface area contributed by atoms with Gasteiger partial charge in [0.25, 0.3) is 0 Å². The van der Waals surface area contributed by atoms with Crippen molar-refractivity contribution in [2.45, 2.75) is 129 Å². The van der Waals surface area contributed by atoms with Crippen LogP contribution >= 0.6 is 23.2 Å². The number of hydrogen-bond acceptors (Lipinski definition) is 8. The molecule has 0 amide bonds. The molecule has 65 heavy (non-hydrogen) atoms. The summed E-state index contributed by atoms with van der Waals surface area (Å²) in [5.41, 5.74) is 3.33. The standard InChI is InChI=1S/C54H63Cl2FN2O6/c1-3-5-7-9-11-13-15-17-31-62-51-29-27-45(35-49(51)55)58-38-40-19-23-42(24-20-40)53(60)64-47-33-44(57)34-48(37-47)65-54(61)43-25-21-41(22-26-43)39-59-46-28-30-52(50(56)36-46)63-32-18-16-14-12-10-8-6-4-2/h19-30,33,35-39,48H,3-18,31-32,34H2,1-2H3. The molecule has 0 aromatic heterocycles. The fraction of sp³-hybridized carbons (Fsp3) is 0.407. The van der Waals surface area contributed by atoms with E-state index < -0.39 is 23.9 Å². The summed E-state index contributed by atoms with van der Waals surface area (Å²) < 4.78 is 37.5. The van der Waals surface area contributed by atoms with Gasteiger partial charge in [-0.1, -0.05) is 151 Å². The van der Waals surface area contributed by atoms with Crippen LogP contribution in [0, 0.1) is 0 Å². The van der Waals surface area contributed by atoms with E-state index in [0.29, 0.717) is 46.1 Å². The van der Waals surface area contributed by atoms with Crippen molar-refractivity contribution < 1.29 is 32.9 Å². The van der Waals surface area contributed by atoms with Crippen molar-refractivity contribution >= 4 is 58.9 Å². The second-order valence-corrected chi connectivity index (χ2v) is 17.1. The van der Waals surface area contributed by atoms with Crippen LogP contribution in [0.3, 0.4) is 0 Å². The first-order valence-electron chi connectivity index (χ1n) is 23.3. The Labute approximate surface area is 395 Å². The smallest absolute Gasteiger partial charge is 0.343 e. The third-order valence-electron chi connectivity index (χ3n) is 10.9. The van der Waals surface area contributed by atoms with Gasteiger partial charge in [0.15, 0.2) is 0 Å². The highest BCUT2D eigenvalue weighted by Gasteiger charge is 2.23. The molecule has 11 heteroatoms. The number of halogens is 3. The first-order valence-corrected chi connectivity index (χ1v) is 24.1. The average molecular weight is 926 g/mol. The SMILES string of the molecule is CCCCCCCCCCOc1ccc(N=Cc2ccc(C(=O)OC3=CC(OC(=O)c4ccc(C=Nc5ccc(OCCCCCCCCCC)c(Cl)c5)cc4)CC(F)=C3)cc2)cc1Cl. The Balaban J connectivity index is 1.04. The molecule has 0 aliphatic heterocycles. The predicted molar refractivity (Wildman–Crippen MR) is 263 cm³/mol. The predicted octanol–water partition coefficient (Wildman–Crippen LogP) is 16.1. The number of nitrogens with zero attached hydrogens (tertiary/aromatic N) is 2. The summed E-state index contributed by atoms with van der Waals surface area (Å²) in [4.78, 5) is 35.1. The minimum atomic E-state index is -0.976. The van der Waals surface area contributed by atoms with Crippen LogP contribution in [0.5, 0.6) is 11.5 Å². The molecule has 8 nitrogen and oxygen atoms in total. The average Bonchev–Trinajstić information content (AvgIpc) is 3.30. The van der Waals surface area contributed by atoms with Crippen molar-refractivity contribution in [1.29, 1.82) is 0 Å². The maximum Gasteiger partial charge on any atom is 0.343 e. The lowest BCUT2D eigenvalue weighted by Crippen LogP contribution is -2.20. The van der Waals surface area contributed by atoms with E-state index in [1.165, 1.54) is 83.1 Å². The van der Waals surface area contributed by atoms with Crippen LogP contribution in [0.2, 0.25) is 10.0 Å². The molecule has 0 saturated heterocycles. The summed E-state index contributed by atoms with van der Waals surface area (Å²) in [5, 5.41) is 0.986. The molecule has 346 valence electrons. The van der Waals surface area contributed by atoms with Gasteiger partial charge < -0.3 is 18.9 Å². The van der Waals surface area contributed by atoms with Crippen molar-refractivity contribution in [3.05, 3.63) is 141 Å². The number of carbonyl (C=O) groups is 2. The quantitative estimate of drug-likeness (QED) is 0.0320. The maximum atomic E-state index is 14.7. The second-order valence-electron chi connectivity index (χ2n) is 16.3.